The average Bonchev–Trinajstić information content (AvgIpc) is 2.60. The molecule has 25 heavy (non-hydrogen) atoms. The van der Waals surface area contributed by atoms with Crippen LogP contribution in [0.1, 0.15) is 18.5 Å². The smallest absolute Gasteiger partial charge is 0.258 e. The Balaban J connectivity index is 2.00. The van der Waals surface area contributed by atoms with E-state index >= 15 is 0 Å². The number of benzene rings is 2. The van der Waals surface area contributed by atoms with Crippen LogP contribution >= 0.6 is 23.2 Å². The molecular weight excluding hydrogens is 365 g/mol. The Kier molecular flexibility index (Phi) is 6.79. The minimum atomic E-state index is -0.290. The summed E-state index contributed by atoms with van der Waals surface area (Å²) < 4.78 is 16.0. The number of rotatable bonds is 7. The number of hydrogen-bond donors (Lipinski definition) is 1. The zero-order valence-corrected chi connectivity index (χ0v) is 15.6. The molecule has 0 radical (unpaired) electrons. The molecule has 0 saturated heterocycles. The van der Waals surface area contributed by atoms with Gasteiger partial charge in [-0.05, 0) is 43.3 Å². The van der Waals surface area contributed by atoms with Crippen molar-refractivity contribution in [3.8, 4) is 17.2 Å². The van der Waals surface area contributed by atoms with Crippen LogP contribution in [0.4, 0.5) is 0 Å². The molecule has 5 nitrogen and oxygen atoms in total. The number of methoxy groups -OCH3 is 2. The van der Waals surface area contributed by atoms with Crippen LogP contribution < -0.4 is 19.5 Å². The van der Waals surface area contributed by atoms with Crippen molar-refractivity contribution in [3.63, 3.8) is 0 Å². The van der Waals surface area contributed by atoms with Gasteiger partial charge in [0.15, 0.2) is 6.61 Å². The van der Waals surface area contributed by atoms with Crippen molar-refractivity contribution in [3.05, 3.63) is 52.0 Å². The van der Waals surface area contributed by atoms with Gasteiger partial charge >= 0.3 is 0 Å². The van der Waals surface area contributed by atoms with E-state index in [0.717, 1.165) is 5.56 Å². The van der Waals surface area contributed by atoms with Gasteiger partial charge in [0.2, 0.25) is 0 Å². The van der Waals surface area contributed by atoms with Gasteiger partial charge < -0.3 is 19.5 Å². The number of halogens is 2. The van der Waals surface area contributed by atoms with E-state index in [4.69, 9.17) is 37.4 Å². The van der Waals surface area contributed by atoms with Crippen LogP contribution in [-0.4, -0.2) is 26.7 Å². The minimum absolute atomic E-state index is 0.169. The molecule has 0 saturated carbocycles. The molecule has 0 spiro atoms. The number of nitrogens with one attached hydrogen (secondary N) is 1. The summed E-state index contributed by atoms with van der Waals surface area (Å²) in [6.07, 6.45) is 0. The molecule has 0 aliphatic heterocycles. The second-order valence-corrected chi connectivity index (χ2v) is 6.10. The first kappa shape index (κ1) is 19.2. The molecular formula is C18H19Cl2NO4. The normalized spacial score (nSPS) is 11.6. The topological polar surface area (TPSA) is 56.8 Å². The summed E-state index contributed by atoms with van der Waals surface area (Å²) in [6.45, 7) is 1.68. The van der Waals surface area contributed by atoms with Crippen LogP contribution in [0.3, 0.4) is 0 Å². The summed E-state index contributed by atoms with van der Waals surface area (Å²) in [6, 6.07) is 9.93. The Hall–Kier alpha value is -2.11. The third-order valence-electron chi connectivity index (χ3n) is 3.53. The molecule has 0 aliphatic rings. The summed E-state index contributed by atoms with van der Waals surface area (Å²) in [7, 11) is 3.16. The Morgan fingerprint density at radius 1 is 1.08 bits per heavy atom. The second-order valence-electron chi connectivity index (χ2n) is 5.26. The fraction of sp³-hybridized carbons (Fsp3) is 0.278. The second kappa shape index (κ2) is 8.83. The predicted octanol–water partition coefficient (Wildman–Crippen LogP) is 4.27. The highest BCUT2D eigenvalue weighted by Crippen LogP contribution is 2.29. The fourth-order valence-corrected chi connectivity index (χ4v) is 2.74. The zero-order valence-electron chi connectivity index (χ0n) is 14.1. The third kappa shape index (κ3) is 5.18. The standard InChI is InChI=1S/C18H19Cl2NO4/c1-11(14-9-13(23-2)5-7-16(14)24-3)21-18(22)10-25-17-6-4-12(19)8-15(17)20/h4-9,11H,10H2,1-3H3,(H,21,22)/t11-/m1/s1. The van der Waals surface area contributed by atoms with E-state index in [1.54, 1.807) is 44.6 Å². The maximum Gasteiger partial charge on any atom is 0.258 e. The Morgan fingerprint density at radius 2 is 1.80 bits per heavy atom. The zero-order chi connectivity index (χ0) is 18.4. The number of ether oxygens (including phenoxy) is 3. The number of carbonyl (C=O) groups excluding carboxylic acids is 1. The van der Waals surface area contributed by atoms with Crippen LogP contribution in [-0.2, 0) is 4.79 Å². The Morgan fingerprint density at radius 3 is 2.44 bits per heavy atom. The summed E-state index contributed by atoms with van der Waals surface area (Å²) in [5.74, 6) is 1.45. The van der Waals surface area contributed by atoms with Crippen LogP contribution in [0.15, 0.2) is 36.4 Å². The molecule has 1 atom stereocenters. The summed E-state index contributed by atoms with van der Waals surface area (Å²) >= 11 is 11.8. The van der Waals surface area contributed by atoms with Crippen molar-refractivity contribution in [2.24, 2.45) is 0 Å². The van der Waals surface area contributed by atoms with Gasteiger partial charge in [0.25, 0.3) is 5.91 Å². The fourth-order valence-electron chi connectivity index (χ4n) is 2.27. The lowest BCUT2D eigenvalue weighted by atomic mass is 10.1. The lowest BCUT2D eigenvalue weighted by Crippen LogP contribution is -2.31. The average molecular weight is 384 g/mol. The summed E-state index contributed by atoms with van der Waals surface area (Å²) in [5.41, 5.74) is 0.805. The molecule has 7 heteroatoms. The van der Waals surface area contributed by atoms with Crippen LogP contribution in [0.2, 0.25) is 10.0 Å². The van der Waals surface area contributed by atoms with Crippen LogP contribution in [0, 0.1) is 0 Å². The third-order valence-corrected chi connectivity index (χ3v) is 4.06. The van der Waals surface area contributed by atoms with Gasteiger partial charge in [0.05, 0.1) is 25.3 Å². The molecule has 0 unspecified atom stereocenters. The molecule has 0 fully saturated rings. The van der Waals surface area contributed by atoms with Gasteiger partial charge in [-0.15, -0.1) is 0 Å². The maximum absolute atomic E-state index is 12.2. The Labute approximate surface area is 156 Å². The van der Waals surface area contributed by atoms with E-state index in [9.17, 15) is 4.79 Å². The van der Waals surface area contributed by atoms with Gasteiger partial charge in [-0.2, -0.15) is 0 Å². The minimum Gasteiger partial charge on any atom is -0.497 e. The molecule has 0 aliphatic carbocycles. The van der Waals surface area contributed by atoms with Crippen molar-refractivity contribution < 1.29 is 19.0 Å². The van der Waals surface area contributed by atoms with Gasteiger partial charge in [0, 0.05) is 10.6 Å². The van der Waals surface area contributed by atoms with Crippen molar-refractivity contribution in [2.45, 2.75) is 13.0 Å². The van der Waals surface area contributed by atoms with Crippen molar-refractivity contribution in [1.29, 1.82) is 0 Å². The van der Waals surface area contributed by atoms with Crippen molar-refractivity contribution in [1.82, 2.24) is 5.32 Å². The van der Waals surface area contributed by atoms with Gasteiger partial charge in [-0.3, -0.25) is 4.79 Å². The summed E-state index contributed by atoms with van der Waals surface area (Å²) in [4.78, 5) is 12.2. The first-order chi connectivity index (χ1) is 11.9. The molecule has 1 N–H and O–H groups in total. The highest BCUT2D eigenvalue weighted by molar-refractivity contribution is 6.35. The lowest BCUT2D eigenvalue weighted by molar-refractivity contribution is -0.123. The lowest BCUT2D eigenvalue weighted by Gasteiger charge is -2.18. The van der Waals surface area contributed by atoms with E-state index in [1.165, 1.54) is 0 Å². The van der Waals surface area contributed by atoms with E-state index in [-0.39, 0.29) is 18.6 Å². The van der Waals surface area contributed by atoms with Gasteiger partial charge in [-0.1, -0.05) is 23.2 Å². The van der Waals surface area contributed by atoms with Crippen molar-refractivity contribution in [2.75, 3.05) is 20.8 Å². The van der Waals surface area contributed by atoms with Gasteiger partial charge in [0.1, 0.15) is 17.2 Å². The maximum atomic E-state index is 12.2. The molecule has 0 heterocycles. The van der Waals surface area contributed by atoms with Gasteiger partial charge in [-0.25, -0.2) is 0 Å². The highest BCUT2D eigenvalue weighted by atomic mass is 35.5. The summed E-state index contributed by atoms with van der Waals surface area (Å²) in [5, 5.41) is 3.70. The molecule has 2 aromatic carbocycles. The van der Waals surface area contributed by atoms with Crippen molar-refractivity contribution >= 4 is 29.1 Å². The predicted molar refractivity (Wildman–Crippen MR) is 98.1 cm³/mol. The molecule has 0 bridgehead atoms. The Bertz CT molecular complexity index is 752. The molecule has 0 aromatic heterocycles. The monoisotopic (exact) mass is 383 g/mol. The van der Waals surface area contributed by atoms with E-state index in [1.807, 2.05) is 13.0 Å². The largest absolute Gasteiger partial charge is 0.497 e. The van der Waals surface area contributed by atoms with E-state index in [0.29, 0.717) is 27.3 Å². The number of hydrogen-bond acceptors (Lipinski definition) is 4. The molecule has 1 amide bonds. The SMILES string of the molecule is COc1ccc(OC)c([C@@H](C)NC(=O)COc2ccc(Cl)cc2Cl)c1. The first-order valence-corrected chi connectivity index (χ1v) is 8.29. The molecule has 2 aromatic rings. The van der Waals surface area contributed by atoms with Crippen LogP contribution in [0.25, 0.3) is 0 Å². The van der Waals surface area contributed by atoms with Crippen LogP contribution in [0.5, 0.6) is 17.2 Å². The first-order valence-electron chi connectivity index (χ1n) is 7.53. The highest BCUT2D eigenvalue weighted by Gasteiger charge is 2.16. The molecule has 2 rings (SSSR count). The number of amides is 1. The quantitative estimate of drug-likeness (QED) is 0.775. The van der Waals surface area contributed by atoms with E-state index < -0.39 is 0 Å². The van der Waals surface area contributed by atoms with E-state index in [2.05, 4.69) is 5.32 Å². The number of carbonyl (C=O) groups is 1. The molecule has 134 valence electrons.